The predicted octanol–water partition coefficient (Wildman–Crippen LogP) is 4.42. The van der Waals surface area contributed by atoms with Gasteiger partial charge in [0.25, 0.3) is 0 Å². The molecule has 26 heavy (non-hydrogen) atoms. The van der Waals surface area contributed by atoms with Gasteiger partial charge in [0.15, 0.2) is 0 Å². The molecule has 4 rings (SSSR count). The molecule has 0 unspecified atom stereocenters. The fraction of sp³-hybridized carbons (Fsp3) is 0.300. The van der Waals surface area contributed by atoms with Gasteiger partial charge in [0.2, 0.25) is 5.13 Å². The number of rotatable bonds is 4. The smallest absolute Gasteiger partial charge is 0.205 e. The number of halogens is 1. The summed E-state index contributed by atoms with van der Waals surface area (Å²) >= 11 is 7.62. The van der Waals surface area contributed by atoms with Crippen molar-refractivity contribution in [3.8, 4) is 0 Å². The Bertz CT molecular complexity index is 870. The average Bonchev–Trinajstić information content (AvgIpc) is 3.12. The summed E-state index contributed by atoms with van der Waals surface area (Å²) in [6.07, 6.45) is 0.791. The quantitative estimate of drug-likeness (QED) is 0.666. The number of piperazine rings is 1. The molecule has 6 heteroatoms. The first-order valence-electron chi connectivity index (χ1n) is 8.81. The average molecular weight is 385 g/mol. The molecule has 1 aromatic heterocycles. The largest absolute Gasteiger partial charge is 0.368 e. The second kappa shape index (κ2) is 7.64. The molecule has 0 radical (unpaired) electrons. The van der Waals surface area contributed by atoms with Crippen LogP contribution in [0.5, 0.6) is 0 Å². The van der Waals surface area contributed by atoms with E-state index in [0.29, 0.717) is 0 Å². The van der Waals surface area contributed by atoms with Crippen LogP contribution in [0.25, 0.3) is 0 Å². The molecule has 1 aliphatic heterocycles. The third-order valence-electron chi connectivity index (χ3n) is 4.66. The topological polar surface area (TPSA) is 32.3 Å². The Kier molecular flexibility index (Phi) is 5.09. The van der Waals surface area contributed by atoms with Crippen molar-refractivity contribution in [2.75, 3.05) is 36.0 Å². The van der Waals surface area contributed by atoms with E-state index in [9.17, 15) is 0 Å². The van der Waals surface area contributed by atoms with Crippen LogP contribution in [0.15, 0.2) is 48.5 Å². The highest BCUT2D eigenvalue weighted by Crippen LogP contribution is 2.24. The van der Waals surface area contributed by atoms with Crippen molar-refractivity contribution in [2.24, 2.45) is 0 Å². The number of benzene rings is 2. The van der Waals surface area contributed by atoms with Crippen molar-refractivity contribution < 1.29 is 0 Å². The summed E-state index contributed by atoms with van der Waals surface area (Å²) in [5.74, 6) is 0.908. The van der Waals surface area contributed by atoms with E-state index in [1.54, 1.807) is 0 Å². The van der Waals surface area contributed by atoms with Crippen molar-refractivity contribution in [3.05, 3.63) is 70.5 Å². The van der Waals surface area contributed by atoms with Gasteiger partial charge in [-0.25, -0.2) is 4.98 Å². The minimum atomic E-state index is 0.787. The Morgan fingerprint density at radius 2 is 1.73 bits per heavy atom. The summed E-state index contributed by atoms with van der Waals surface area (Å²) < 4.78 is 4.56. The van der Waals surface area contributed by atoms with E-state index >= 15 is 0 Å². The molecular formula is C20H21ClN4S. The Hall–Kier alpha value is -2.11. The van der Waals surface area contributed by atoms with E-state index < -0.39 is 0 Å². The number of aryl methyl sites for hydroxylation is 1. The number of anilines is 2. The van der Waals surface area contributed by atoms with Crippen LogP contribution in [0.3, 0.4) is 0 Å². The number of hydrogen-bond donors (Lipinski definition) is 0. The normalized spacial score (nSPS) is 14.7. The highest BCUT2D eigenvalue weighted by molar-refractivity contribution is 7.09. The zero-order valence-corrected chi connectivity index (χ0v) is 16.3. The molecule has 1 saturated heterocycles. The number of nitrogens with zero attached hydrogens (tertiary/aromatic N) is 4. The summed E-state index contributed by atoms with van der Waals surface area (Å²) in [4.78, 5) is 9.46. The highest BCUT2D eigenvalue weighted by atomic mass is 35.5. The highest BCUT2D eigenvalue weighted by Gasteiger charge is 2.20. The minimum absolute atomic E-state index is 0.787. The third-order valence-corrected chi connectivity index (χ3v) is 5.71. The summed E-state index contributed by atoms with van der Waals surface area (Å²) in [7, 11) is 0. The van der Waals surface area contributed by atoms with Crippen molar-refractivity contribution in [1.82, 2.24) is 9.36 Å². The fourth-order valence-electron chi connectivity index (χ4n) is 3.16. The minimum Gasteiger partial charge on any atom is -0.368 e. The van der Waals surface area contributed by atoms with E-state index in [4.69, 9.17) is 16.6 Å². The van der Waals surface area contributed by atoms with E-state index in [0.717, 1.165) is 48.6 Å². The lowest BCUT2D eigenvalue weighted by atomic mass is 10.1. The van der Waals surface area contributed by atoms with Crippen LogP contribution in [-0.2, 0) is 6.42 Å². The van der Waals surface area contributed by atoms with Crippen molar-refractivity contribution in [1.29, 1.82) is 0 Å². The van der Waals surface area contributed by atoms with Crippen LogP contribution in [0, 0.1) is 6.92 Å². The number of hydrogen-bond acceptors (Lipinski definition) is 5. The monoisotopic (exact) mass is 384 g/mol. The third kappa shape index (κ3) is 4.00. The standard InChI is InChI=1S/C20H21ClN4S/c1-15-5-7-16(8-6-15)13-19-22-20(26-23-19)25-11-9-24(10-12-25)18-4-2-3-17(21)14-18/h2-8,14H,9-13H2,1H3. The molecule has 0 atom stereocenters. The Morgan fingerprint density at radius 1 is 1.00 bits per heavy atom. The Morgan fingerprint density at radius 3 is 2.46 bits per heavy atom. The molecule has 0 aliphatic carbocycles. The lowest BCUT2D eigenvalue weighted by Crippen LogP contribution is -2.46. The van der Waals surface area contributed by atoms with Crippen LogP contribution in [0.2, 0.25) is 5.02 Å². The van der Waals surface area contributed by atoms with Crippen LogP contribution in [0.1, 0.15) is 17.0 Å². The van der Waals surface area contributed by atoms with Gasteiger partial charge in [-0.2, -0.15) is 4.37 Å². The lowest BCUT2D eigenvalue weighted by molar-refractivity contribution is 0.651. The summed E-state index contributed by atoms with van der Waals surface area (Å²) in [5.41, 5.74) is 3.72. The molecule has 2 heterocycles. The van der Waals surface area contributed by atoms with E-state index in [-0.39, 0.29) is 0 Å². The molecule has 4 nitrogen and oxygen atoms in total. The van der Waals surface area contributed by atoms with Crippen molar-refractivity contribution in [2.45, 2.75) is 13.3 Å². The van der Waals surface area contributed by atoms with Crippen LogP contribution < -0.4 is 9.80 Å². The molecular weight excluding hydrogens is 364 g/mol. The maximum atomic E-state index is 6.11. The molecule has 2 aromatic carbocycles. The molecule has 0 amide bonds. The van der Waals surface area contributed by atoms with E-state index in [1.807, 2.05) is 18.2 Å². The maximum absolute atomic E-state index is 6.11. The molecule has 1 fully saturated rings. The first-order valence-corrected chi connectivity index (χ1v) is 9.96. The summed E-state index contributed by atoms with van der Waals surface area (Å²) in [6, 6.07) is 16.6. The fourth-order valence-corrected chi connectivity index (χ4v) is 4.08. The van der Waals surface area contributed by atoms with Gasteiger partial charge in [-0.15, -0.1) is 0 Å². The molecule has 0 saturated carbocycles. The summed E-state index contributed by atoms with van der Waals surface area (Å²) in [6.45, 7) is 5.93. The van der Waals surface area contributed by atoms with Gasteiger partial charge >= 0.3 is 0 Å². The number of aromatic nitrogens is 2. The zero-order chi connectivity index (χ0) is 17.9. The van der Waals surface area contributed by atoms with Crippen LogP contribution >= 0.6 is 23.1 Å². The molecule has 0 N–H and O–H groups in total. The molecule has 0 spiro atoms. The SMILES string of the molecule is Cc1ccc(Cc2nsc(N3CCN(c4cccc(Cl)c4)CC3)n2)cc1. The van der Waals surface area contributed by atoms with Gasteiger partial charge in [0.05, 0.1) is 0 Å². The van der Waals surface area contributed by atoms with Crippen molar-refractivity contribution >= 4 is 34.0 Å². The first kappa shape index (κ1) is 17.3. The lowest BCUT2D eigenvalue weighted by Gasteiger charge is -2.35. The predicted molar refractivity (Wildman–Crippen MR) is 110 cm³/mol. The van der Waals surface area contributed by atoms with Gasteiger partial charge in [0, 0.05) is 54.8 Å². The van der Waals surface area contributed by atoms with Gasteiger partial charge in [0.1, 0.15) is 5.82 Å². The van der Waals surface area contributed by atoms with Crippen LogP contribution in [0.4, 0.5) is 10.8 Å². The second-order valence-corrected chi connectivity index (χ2v) is 7.78. The van der Waals surface area contributed by atoms with Gasteiger partial charge in [-0.3, -0.25) is 0 Å². The molecule has 0 bridgehead atoms. The van der Waals surface area contributed by atoms with E-state index in [1.165, 1.54) is 28.3 Å². The zero-order valence-electron chi connectivity index (χ0n) is 14.7. The molecule has 3 aromatic rings. The van der Waals surface area contributed by atoms with Gasteiger partial charge < -0.3 is 9.80 Å². The Labute approximate surface area is 163 Å². The molecule has 134 valence electrons. The van der Waals surface area contributed by atoms with Gasteiger partial charge in [-0.05, 0) is 30.7 Å². The Balaban J connectivity index is 1.37. The van der Waals surface area contributed by atoms with Crippen molar-refractivity contribution in [3.63, 3.8) is 0 Å². The first-order chi connectivity index (χ1) is 12.7. The molecule has 1 aliphatic rings. The van der Waals surface area contributed by atoms with E-state index in [2.05, 4.69) is 51.4 Å². The van der Waals surface area contributed by atoms with Gasteiger partial charge in [-0.1, -0.05) is 47.5 Å². The summed E-state index contributed by atoms with van der Waals surface area (Å²) in [5, 5.41) is 1.81. The second-order valence-electron chi connectivity index (χ2n) is 6.61. The maximum Gasteiger partial charge on any atom is 0.205 e. The van der Waals surface area contributed by atoms with Crippen LogP contribution in [-0.4, -0.2) is 35.5 Å².